The molecule has 0 saturated heterocycles. The zero-order chi connectivity index (χ0) is 13.9. The van der Waals surface area contributed by atoms with Gasteiger partial charge in [0.25, 0.3) is 0 Å². The zero-order valence-electron chi connectivity index (χ0n) is 11.7. The quantitative estimate of drug-likeness (QED) is 0.893. The van der Waals surface area contributed by atoms with Gasteiger partial charge in [-0.2, -0.15) is 0 Å². The van der Waals surface area contributed by atoms with Crippen molar-refractivity contribution in [3.8, 4) is 11.5 Å². The Morgan fingerprint density at radius 3 is 2.90 bits per heavy atom. The van der Waals surface area contributed by atoms with E-state index in [4.69, 9.17) is 14.2 Å². The lowest BCUT2D eigenvalue weighted by Crippen LogP contribution is -2.45. The summed E-state index contributed by atoms with van der Waals surface area (Å²) >= 11 is 3.55. The van der Waals surface area contributed by atoms with Gasteiger partial charge in [-0.3, -0.25) is 0 Å². The van der Waals surface area contributed by atoms with E-state index < -0.39 is 0 Å². The second-order valence-electron chi connectivity index (χ2n) is 5.23. The van der Waals surface area contributed by atoms with Crippen molar-refractivity contribution in [3.63, 3.8) is 0 Å². The number of nitrogens with one attached hydrogen (secondary N) is 1. The van der Waals surface area contributed by atoms with Crippen molar-refractivity contribution < 1.29 is 14.2 Å². The Kier molecular flexibility index (Phi) is 4.48. The standard InChI is InChI=1S/C15H20BrNO3/c1-2-18-12-7-11(8-12)17-9-10-5-13(16)15-14(6-10)19-3-4-20-15/h5-6,11-12,17H,2-4,7-9H2,1H3. The number of hydrogen-bond donors (Lipinski definition) is 1. The van der Waals surface area contributed by atoms with Crippen LogP contribution in [-0.2, 0) is 11.3 Å². The Balaban J connectivity index is 1.55. The van der Waals surface area contributed by atoms with E-state index in [1.165, 1.54) is 5.56 Å². The average Bonchev–Trinajstić information content (AvgIpc) is 2.41. The van der Waals surface area contributed by atoms with Crippen LogP contribution in [0.3, 0.4) is 0 Å². The number of halogens is 1. The van der Waals surface area contributed by atoms with Crippen LogP contribution in [0.2, 0.25) is 0 Å². The summed E-state index contributed by atoms with van der Waals surface area (Å²) in [6.45, 7) is 4.94. The van der Waals surface area contributed by atoms with Crippen molar-refractivity contribution in [2.75, 3.05) is 19.8 Å². The number of fused-ring (bicyclic) bond motifs is 1. The second kappa shape index (κ2) is 6.33. The lowest BCUT2D eigenvalue weighted by molar-refractivity contribution is -0.0102. The highest BCUT2D eigenvalue weighted by atomic mass is 79.9. The topological polar surface area (TPSA) is 39.7 Å². The van der Waals surface area contributed by atoms with Gasteiger partial charge in [-0.05, 0) is 53.4 Å². The van der Waals surface area contributed by atoms with Gasteiger partial charge >= 0.3 is 0 Å². The molecular weight excluding hydrogens is 322 g/mol. The van der Waals surface area contributed by atoms with Crippen LogP contribution in [0, 0.1) is 0 Å². The molecule has 0 atom stereocenters. The molecule has 20 heavy (non-hydrogen) atoms. The van der Waals surface area contributed by atoms with E-state index in [1.54, 1.807) is 0 Å². The monoisotopic (exact) mass is 341 g/mol. The molecule has 110 valence electrons. The fraction of sp³-hybridized carbons (Fsp3) is 0.600. The maximum absolute atomic E-state index is 5.64. The van der Waals surface area contributed by atoms with Gasteiger partial charge in [0.05, 0.1) is 10.6 Å². The summed E-state index contributed by atoms with van der Waals surface area (Å²) < 4.78 is 17.8. The first kappa shape index (κ1) is 14.2. The van der Waals surface area contributed by atoms with Crippen molar-refractivity contribution in [1.82, 2.24) is 5.32 Å². The predicted molar refractivity (Wildman–Crippen MR) is 80.4 cm³/mol. The lowest BCUT2D eigenvalue weighted by Gasteiger charge is -2.35. The van der Waals surface area contributed by atoms with E-state index in [9.17, 15) is 0 Å². The molecule has 0 unspecified atom stereocenters. The fourth-order valence-corrected chi connectivity index (χ4v) is 3.24. The summed E-state index contributed by atoms with van der Waals surface area (Å²) in [6.07, 6.45) is 2.67. The molecule has 1 saturated carbocycles. The molecular formula is C15H20BrNO3. The summed E-state index contributed by atoms with van der Waals surface area (Å²) in [4.78, 5) is 0. The van der Waals surface area contributed by atoms with E-state index in [0.717, 1.165) is 42.0 Å². The van der Waals surface area contributed by atoms with Crippen molar-refractivity contribution in [1.29, 1.82) is 0 Å². The first-order valence-electron chi connectivity index (χ1n) is 7.19. The summed E-state index contributed by atoms with van der Waals surface area (Å²) in [5.41, 5.74) is 1.21. The average molecular weight is 342 g/mol. The smallest absolute Gasteiger partial charge is 0.175 e. The van der Waals surface area contributed by atoms with Gasteiger partial charge in [0, 0.05) is 19.2 Å². The SMILES string of the molecule is CCOC1CC(NCc2cc(Br)c3c(c2)OCCO3)C1. The minimum atomic E-state index is 0.449. The molecule has 0 spiro atoms. The maximum Gasteiger partial charge on any atom is 0.175 e. The van der Waals surface area contributed by atoms with Crippen LogP contribution in [0.1, 0.15) is 25.3 Å². The summed E-state index contributed by atoms with van der Waals surface area (Å²) in [5, 5.41) is 3.56. The normalized spacial score (nSPS) is 24.3. The molecule has 0 aromatic heterocycles. The van der Waals surface area contributed by atoms with Crippen molar-refractivity contribution in [2.24, 2.45) is 0 Å². The molecule has 1 fully saturated rings. The molecule has 0 radical (unpaired) electrons. The minimum absolute atomic E-state index is 0.449. The molecule has 1 aromatic rings. The van der Waals surface area contributed by atoms with Crippen LogP contribution in [0.15, 0.2) is 16.6 Å². The molecule has 0 bridgehead atoms. The van der Waals surface area contributed by atoms with Crippen LogP contribution in [0.25, 0.3) is 0 Å². The van der Waals surface area contributed by atoms with E-state index in [-0.39, 0.29) is 0 Å². The van der Waals surface area contributed by atoms with Gasteiger partial charge in [0.1, 0.15) is 13.2 Å². The van der Waals surface area contributed by atoms with Crippen LogP contribution in [0.4, 0.5) is 0 Å². The Morgan fingerprint density at radius 2 is 2.10 bits per heavy atom. The molecule has 3 rings (SSSR count). The summed E-state index contributed by atoms with van der Waals surface area (Å²) in [5.74, 6) is 1.66. The molecule has 1 N–H and O–H groups in total. The van der Waals surface area contributed by atoms with Gasteiger partial charge in [0.15, 0.2) is 11.5 Å². The summed E-state index contributed by atoms with van der Waals surface area (Å²) in [6, 6.07) is 4.72. The first-order valence-corrected chi connectivity index (χ1v) is 7.98. The van der Waals surface area contributed by atoms with Gasteiger partial charge in [-0.1, -0.05) is 0 Å². The number of benzene rings is 1. The van der Waals surface area contributed by atoms with E-state index >= 15 is 0 Å². The Hall–Kier alpha value is -0.780. The van der Waals surface area contributed by atoms with Gasteiger partial charge in [-0.15, -0.1) is 0 Å². The third kappa shape index (κ3) is 3.10. The van der Waals surface area contributed by atoms with E-state index in [1.807, 2.05) is 6.92 Å². The van der Waals surface area contributed by atoms with E-state index in [2.05, 4.69) is 33.4 Å². The Morgan fingerprint density at radius 1 is 1.30 bits per heavy atom. The Labute approximate surface area is 127 Å². The predicted octanol–water partition coefficient (Wildman–Crippen LogP) is 2.88. The number of ether oxygens (including phenoxy) is 3. The lowest BCUT2D eigenvalue weighted by atomic mass is 9.89. The molecule has 4 nitrogen and oxygen atoms in total. The molecule has 1 aliphatic heterocycles. The van der Waals surface area contributed by atoms with E-state index in [0.29, 0.717) is 25.4 Å². The van der Waals surface area contributed by atoms with Gasteiger partial charge in [0.2, 0.25) is 0 Å². The number of hydrogen-bond acceptors (Lipinski definition) is 4. The summed E-state index contributed by atoms with van der Waals surface area (Å²) in [7, 11) is 0. The fourth-order valence-electron chi connectivity index (χ4n) is 2.63. The third-order valence-corrected chi connectivity index (χ3v) is 4.34. The van der Waals surface area contributed by atoms with Crippen LogP contribution in [-0.4, -0.2) is 32.0 Å². The van der Waals surface area contributed by atoms with Crippen molar-refractivity contribution >= 4 is 15.9 Å². The third-order valence-electron chi connectivity index (χ3n) is 3.75. The molecule has 0 amide bonds. The minimum Gasteiger partial charge on any atom is -0.486 e. The van der Waals surface area contributed by atoms with Crippen molar-refractivity contribution in [2.45, 2.75) is 38.5 Å². The van der Waals surface area contributed by atoms with Gasteiger partial charge < -0.3 is 19.5 Å². The largest absolute Gasteiger partial charge is 0.486 e. The molecule has 2 aliphatic rings. The maximum atomic E-state index is 5.64. The van der Waals surface area contributed by atoms with Crippen molar-refractivity contribution in [3.05, 3.63) is 22.2 Å². The van der Waals surface area contributed by atoms with Gasteiger partial charge in [-0.25, -0.2) is 0 Å². The highest BCUT2D eigenvalue weighted by Crippen LogP contribution is 2.38. The molecule has 5 heteroatoms. The van der Waals surface area contributed by atoms with Crippen LogP contribution >= 0.6 is 15.9 Å². The zero-order valence-corrected chi connectivity index (χ0v) is 13.2. The molecule has 1 aromatic carbocycles. The number of rotatable bonds is 5. The highest BCUT2D eigenvalue weighted by molar-refractivity contribution is 9.10. The van der Waals surface area contributed by atoms with Crippen LogP contribution in [0.5, 0.6) is 11.5 Å². The molecule has 1 aliphatic carbocycles. The highest BCUT2D eigenvalue weighted by Gasteiger charge is 2.29. The van der Waals surface area contributed by atoms with Crippen LogP contribution < -0.4 is 14.8 Å². The first-order chi connectivity index (χ1) is 9.76. The second-order valence-corrected chi connectivity index (χ2v) is 6.08. The molecule has 1 heterocycles. The Bertz CT molecular complexity index is 474.